The quantitative estimate of drug-likeness (QED) is 0.785. The highest BCUT2D eigenvalue weighted by Crippen LogP contribution is 2.26. The summed E-state index contributed by atoms with van der Waals surface area (Å²) in [5.74, 6) is 0. The number of nitrogens with two attached hydrogens (primary N) is 1. The maximum atomic E-state index is 12.3. The molecule has 3 N–H and O–H groups in total. The number of halogens is 1. The van der Waals surface area contributed by atoms with E-state index in [2.05, 4.69) is 20.7 Å². The third-order valence-corrected chi connectivity index (χ3v) is 6.34. The molecule has 0 amide bonds. The maximum Gasteiger partial charge on any atom is 0.271 e. The van der Waals surface area contributed by atoms with Crippen LogP contribution in [0.15, 0.2) is 39.0 Å². The van der Waals surface area contributed by atoms with E-state index in [0.717, 1.165) is 21.4 Å². The molecule has 0 spiro atoms. The molecule has 0 bridgehead atoms. The van der Waals surface area contributed by atoms with Crippen LogP contribution < -0.4 is 10.5 Å². The molecule has 1 heterocycles. The Morgan fingerprint density at radius 2 is 2.05 bits per heavy atom. The van der Waals surface area contributed by atoms with E-state index in [4.69, 9.17) is 18.0 Å². The second-order valence-electron chi connectivity index (χ2n) is 4.05. The zero-order valence-electron chi connectivity index (χ0n) is 10.4. The van der Waals surface area contributed by atoms with E-state index in [1.54, 1.807) is 18.2 Å². The van der Waals surface area contributed by atoms with Crippen molar-refractivity contribution in [2.75, 3.05) is 4.72 Å². The Balaban J connectivity index is 2.33. The summed E-state index contributed by atoms with van der Waals surface area (Å²) in [4.78, 5) is 0.768. The molecule has 0 aliphatic rings. The first kappa shape index (κ1) is 15.4. The summed E-state index contributed by atoms with van der Waals surface area (Å²) in [6, 6.07) is 8.43. The lowest BCUT2D eigenvalue weighted by Crippen LogP contribution is -2.12. The number of rotatable bonds is 4. The molecule has 0 fully saturated rings. The summed E-state index contributed by atoms with van der Waals surface area (Å²) in [6.07, 6.45) is 0. The van der Waals surface area contributed by atoms with Gasteiger partial charge in [0.25, 0.3) is 10.0 Å². The molecule has 4 nitrogen and oxygen atoms in total. The van der Waals surface area contributed by atoms with Crippen LogP contribution in [-0.4, -0.2) is 13.4 Å². The third kappa shape index (κ3) is 3.38. The van der Waals surface area contributed by atoms with Gasteiger partial charge in [-0.3, -0.25) is 4.72 Å². The van der Waals surface area contributed by atoms with Crippen molar-refractivity contribution in [2.24, 2.45) is 5.73 Å². The molecule has 1 aromatic carbocycles. The van der Waals surface area contributed by atoms with Crippen LogP contribution in [0.2, 0.25) is 0 Å². The van der Waals surface area contributed by atoms with Gasteiger partial charge in [0.05, 0.1) is 10.6 Å². The molecule has 1 aromatic heterocycles. The number of hydrogen-bond donors (Lipinski definition) is 2. The van der Waals surface area contributed by atoms with Gasteiger partial charge < -0.3 is 5.73 Å². The molecule has 2 rings (SSSR count). The number of nitrogens with one attached hydrogen (secondary N) is 1. The lowest BCUT2D eigenvalue weighted by Gasteiger charge is -2.09. The Hall–Kier alpha value is -0.960. The predicted molar refractivity (Wildman–Crippen MR) is 89.9 cm³/mol. The van der Waals surface area contributed by atoms with Gasteiger partial charge in [-0.2, -0.15) is 0 Å². The van der Waals surface area contributed by atoms with Gasteiger partial charge in [-0.15, -0.1) is 11.3 Å². The zero-order valence-corrected chi connectivity index (χ0v) is 14.4. The van der Waals surface area contributed by atoms with Gasteiger partial charge in [0.1, 0.15) is 9.20 Å². The van der Waals surface area contributed by atoms with Crippen LogP contribution >= 0.6 is 39.5 Å². The second-order valence-corrected chi connectivity index (χ2v) is 8.40. The van der Waals surface area contributed by atoms with Crippen molar-refractivity contribution in [1.82, 2.24) is 0 Å². The smallest absolute Gasteiger partial charge is 0.271 e. The number of hydrogen-bond acceptors (Lipinski definition) is 4. The highest BCUT2D eigenvalue weighted by atomic mass is 79.9. The summed E-state index contributed by atoms with van der Waals surface area (Å²) in [7, 11) is -3.62. The maximum absolute atomic E-state index is 12.3. The fourth-order valence-corrected chi connectivity index (χ4v) is 4.49. The Kier molecular flexibility index (Phi) is 4.48. The molecule has 106 valence electrons. The van der Waals surface area contributed by atoms with Gasteiger partial charge in [-0.1, -0.05) is 28.1 Å². The summed E-state index contributed by atoms with van der Waals surface area (Å²) in [5, 5.41) is 0. The van der Waals surface area contributed by atoms with Gasteiger partial charge in [0, 0.05) is 4.47 Å². The van der Waals surface area contributed by atoms with Crippen LogP contribution in [0.4, 0.5) is 5.69 Å². The summed E-state index contributed by atoms with van der Waals surface area (Å²) >= 11 is 9.22. The fraction of sp³-hybridized carbons (Fsp3) is 0.0833. The van der Waals surface area contributed by atoms with E-state index in [1.165, 1.54) is 6.07 Å². The standard InChI is InChI=1S/C12H11BrN2O2S3/c1-7-6-8(13)2-3-9(7)15-20(16,17)11-5-4-10(19-11)12(14)18/h2-6,15H,1H3,(H2,14,18). The lowest BCUT2D eigenvalue weighted by molar-refractivity contribution is 0.603. The van der Waals surface area contributed by atoms with Gasteiger partial charge in [-0.25, -0.2) is 8.42 Å². The van der Waals surface area contributed by atoms with Crippen LogP contribution in [0.5, 0.6) is 0 Å². The minimum Gasteiger partial charge on any atom is -0.389 e. The van der Waals surface area contributed by atoms with Crippen LogP contribution in [0, 0.1) is 6.92 Å². The first-order chi connectivity index (χ1) is 9.29. The van der Waals surface area contributed by atoms with Crippen molar-refractivity contribution < 1.29 is 8.42 Å². The minimum absolute atomic E-state index is 0.183. The largest absolute Gasteiger partial charge is 0.389 e. The Morgan fingerprint density at radius 1 is 1.35 bits per heavy atom. The van der Waals surface area contributed by atoms with Crippen molar-refractivity contribution in [1.29, 1.82) is 0 Å². The average Bonchev–Trinajstić information content (AvgIpc) is 2.83. The minimum atomic E-state index is -3.62. The molecule has 8 heteroatoms. The van der Waals surface area contributed by atoms with E-state index in [1.807, 2.05) is 13.0 Å². The number of anilines is 1. The molecule has 0 aliphatic carbocycles. The number of benzene rings is 1. The van der Waals surface area contributed by atoms with E-state index < -0.39 is 10.0 Å². The van der Waals surface area contributed by atoms with Gasteiger partial charge in [-0.05, 0) is 42.8 Å². The monoisotopic (exact) mass is 390 g/mol. The van der Waals surface area contributed by atoms with E-state index >= 15 is 0 Å². The fourth-order valence-electron chi connectivity index (χ4n) is 1.53. The topological polar surface area (TPSA) is 72.2 Å². The first-order valence-electron chi connectivity index (χ1n) is 5.48. The molecule has 0 saturated carbocycles. The molecule has 0 atom stereocenters. The second kappa shape index (κ2) is 5.80. The van der Waals surface area contributed by atoms with Crippen molar-refractivity contribution in [2.45, 2.75) is 11.1 Å². The molecule has 0 radical (unpaired) electrons. The van der Waals surface area contributed by atoms with E-state index in [-0.39, 0.29) is 9.20 Å². The molecular formula is C12H11BrN2O2S3. The third-order valence-electron chi connectivity index (χ3n) is 2.52. The van der Waals surface area contributed by atoms with E-state index in [0.29, 0.717) is 10.6 Å². The summed E-state index contributed by atoms with van der Waals surface area (Å²) in [6.45, 7) is 1.83. The van der Waals surface area contributed by atoms with E-state index in [9.17, 15) is 8.42 Å². The van der Waals surface area contributed by atoms with Crippen LogP contribution in [0.1, 0.15) is 10.4 Å². The van der Waals surface area contributed by atoms with Gasteiger partial charge >= 0.3 is 0 Å². The molecule has 0 saturated heterocycles. The molecule has 2 aromatic rings. The van der Waals surface area contributed by atoms with Crippen LogP contribution in [-0.2, 0) is 10.0 Å². The SMILES string of the molecule is Cc1cc(Br)ccc1NS(=O)(=O)c1ccc(C(N)=S)s1. The number of aryl methyl sites for hydroxylation is 1. The Labute approximate surface area is 135 Å². The molecule has 0 unspecified atom stereocenters. The van der Waals surface area contributed by atoms with Crippen LogP contribution in [0.3, 0.4) is 0 Å². The Morgan fingerprint density at radius 3 is 2.60 bits per heavy atom. The normalized spacial score (nSPS) is 11.3. The molecule has 0 aliphatic heterocycles. The molecular weight excluding hydrogens is 380 g/mol. The Bertz CT molecular complexity index is 769. The number of sulfonamides is 1. The highest BCUT2D eigenvalue weighted by molar-refractivity contribution is 9.10. The number of thiophene rings is 1. The van der Waals surface area contributed by atoms with Crippen molar-refractivity contribution in [3.05, 3.63) is 45.2 Å². The first-order valence-corrected chi connectivity index (χ1v) is 8.98. The lowest BCUT2D eigenvalue weighted by atomic mass is 10.2. The summed E-state index contributed by atoms with van der Waals surface area (Å²) in [5.41, 5.74) is 6.85. The summed E-state index contributed by atoms with van der Waals surface area (Å²) < 4.78 is 28.2. The van der Waals surface area contributed by atoms with Gasteiger partial charge in [0.2, 0.25) is 0 Å². The predicted octanol–water partition coefficient (Wildman–Crippen LogP) is 3.25. The van der Waals surface area contributed by atoms with Crippen molar-refractivity contribution in [3.8, 4) is 0 Å². The van der Waals surface area contributed by atoms with Crippen molar-refractivity contribution >= 4 is 60.2 Å². The molecule has 20 heavy (non-hydrogen) atoms. The number of thiocarbonyl (C=S) groups is 1. The zero-order chi connectivity index (χ0) is 14.9. The van der Waals surface area contributed by atoms with Crippen LogP contribution in [0.25, 0.3) is 0 Å². The van der Waals surface area contributed by atoms with Crippen molar-refractivity contribution in [3.63, 3.8) is 0 Å². The van der Waals surface area contributed by atoms with Gasteiger partial charge in [0.15, 0.2) is 0 Å². The average molecular weight is 391 g/mol. The highest BCUT2D eigenvalue weighted by Gasteiger charge is 2.18.